The lowest BCUT2D eigenvalue weighted by Crippen LogP contribution is -2.26. The zero-order chi connectivity index (χ0) is 17.3. The van der Waals surface area contributed by atoms with E-state index >= 15 is 0 Å². The number of rotatable bonds is 6. The molecular formula is C14H19BrN4O2S2. The van der Waals surface area contributed by atoms with Gasteiger partial charge in [0.15, 0.2) is 5.82 Å². The van der Waals surface area contributed by atoms with Crippen molar-refractivity contribution in [2.75, 3.05) is 23.6 Å². The van der Waals surface area contributed by atoms with Crippen LogP contribution in [-0.2, 0) is 9.84 Å². The van der Waals surface area contributed by atoms with E-state index in [9.17, 15) is 8.42 Å². The quantitative estimate of drug-likeness (QED) is 0.572. The van der Waals surface area contributed by atoms with Crippen LogP contribution in [0.25, 0.3) is 11.4 Å². The van der Waals surface area contributed by atoms with Gasteiger partial charge in [-0.25, -0.2) is 13.1 Å². The lowest BCUT2D eigenvalue weighted by molar-refractivity contribution is 0.472. The fourth-order valence-electron chi connectivity index (χ4n) is 2.21. The van der Waals surface area contributed by atoms with E-state index in [0.29, 0.717) is 16.7 Å². The first-order valence-electron chi connectivity index (χ1n) is 6.85. The molecule has 0 saturated heterocycles. The molecule has 1 aromatic heterocycles. The van der Waals surface area contributed by atoms with Crippen molar-refractivity contribution in [1.82, 2.24) is 14.9 Å². The second-order valence-corrected chi connectivity index (χ2v) is 10.1. The summed E-state index contributed by atoms with van der Waals surface area (Å²) in [5.41, 5.74) is 0.474. The SMILES string of the molecule is CC(C)(CSc1nnc(-c2ccccc2Br)n1N)CS(C)(=O)=O. The molecular weight excluding hydrogens is 400 g/mol. The number of nitrogens with two attached hydrogens (primary N) is 1. The summed E-state index contributed by atoms with van der Waals surface area (Å²) in [5, 5.41) is 8.81. The summed E-state index contributed by atoms with van der Waals surface area (Å²) >= 11 is 4.87. The molecule has 1 aromatic carbocycles. The first kappa shape index (κ1) is 18.3. The number of thioether (sulfide) groups is 1. The van der Waals surface area contributed by atoms with Gasteiger partial charge in [0, 0.05) is 22.0 Å². The normalized spacial score (nSPS) is 12.5. The molecule has 0 aliphatic carbocycles. The van der Waals surface area contributed by atoms with E-state index < -0.39 is 9.84 Å². The largest absolute Gasteiger partial charge is 0.335 e. The second kappa shape index (κ2) is 6.82. The highest BCUT2D eigenvalue weighted by molar-refractivity contribution is 9.10. The van der Waals surface area contributed by atoms with E-state index in [1.165, 1.54) is 22.7 Å². The molecule has 0 aliphatic rings. The Kier molecular flexibility index (Phi) is 5.42. The van der Waals surface area contributed by atoms with Crippen LogP contribution >= 0.6 is 27.7 Å². The van der Waals surface area contributed by atoms with Crippen molar-refractivity contribution in [2.45, 2.75) is 19.0 Å². The Morgan fingerprint density at radius 1 is 1.30 bits per heavy atom. The number of benzene rings is 1. The molecule has 0 radical (unpaired) electrons. The molecule has 0 aliphatic heterocycles. The second-order valence-electron chi connectivity index (χ2n) is 6.18. The minimum atomic E-state index is -3.03. The number of hydrogen-bond donors (Lipinski definition) is 1. The van der Waals surface area contributed by atoms with Crippen LogP contribution < -0.4 is 5.84 Å². The van der Waals surface area contributed by atoms with Crippen LogP contribution in [0.3, 0.4) is 0 Å². The first-order chi connectivity index (χ1) is 10.6. The molecule has 2 N–H and O–H groups in total. The molecule has 9 heteroatoms. The average molecular weight is 419 g/mol. The number of aromatic nitrogens is 3. The maximum atomic E-state index is 11.5. The summed E-state index contributed by atoms with van der Waals surface area (Å²) in [4.78, 5) is 0. The number of nitrogens with zero attached hydrogens (tertiary/aromatic N) is 3. The van der Waals surface area contributed by atoms with Crippen molar-refractivity contribution in [3.8, 4) is 11.4 Å². The van der Waals surface area contributed by atoms with Crippen LogP contribution in [-0.4, -0.2) is 41.1 Å². The van der Waals surface area contributed by atoms with Gasteiger partial charge in [0.1, 0.15) is 9.84 Å². The standard InChI is InChI=1S/C14H19BrN4O2S2/c1-14(2,9-23(3,20)21)8-22-13-18-17-12(19(13)16)10-6-4-5-7-11(10)15/h4-7H,8-9,16H2,1-3H3. The van der Waals surface area contributed by atoms with Crippen LogP contribution in [0.15, 0.2) is 33.9 Å². The zero-order valence-corrected chi connectivity index (χ0v) is 16.4. The molecule has 6 nitrogen and oxygen atoms in total. The maximum absolute atomic E-state index is 11.5. The van der Waals surface area contributed by atoms with E-state index in [1.807, 2.05) is 38.1 Å². The Morgan fingerprint density at radius 3 is 2.57 bits per heavy atom. The van der Waals surface area contributed by atoms with Crippen LogP contribution in [0.5, 0.6) is 0 Å². The molecule has 126 valence electrons. The van der Waals surface area contributed by atoms with Gasteiger partial charge in [-0.05, 0) is 17.5 Å². The highest BCUT2D eigenvalue weighted by Crippen LogP contribution is 2.31. The summed E-state index contributed by atoms with van der Waals surface area (Å²) in [6.07, 6.45) is 1.25. The van der Waals surface area contributed by atoms with Gasteiger partial charge in [0.05, 0.1) is 5.75 Å². The number of halogens is 1. The van der Waals surface area contributed by atoms with Crippen LogP contribution in [0, 0.1) is 5.41 Å². The average Bonchev–Trinajstić information content (AvgIpc) is 2.76. The molecule has 1 heterocycles. The van der Waals surface area contributed by atoms with Gasteiger partial charge in [-0.3, -0.25) is 0 Å². The van der Waals surface area contributed by atoms with Gasteiger partial charge >= 0.3 is 0 Å². The van der Waals surface area contributed by atoms with Gasteiger partial charge in [-0.2, -0.15) is 0 Å². The molecule has 0 fully saturated rings. The maximum Gasteiger partial charge on any atom is 0.210 e. The lowest BCUT2D eigenvalue weighted by Gasteiger charge is -2.22. The molecule has 23 heavy (non-hydrogen) atoms. The van der Waals surface area contributed by atoms with Crippen LogP contribution in [0.1, 0.15) is 13.8 Å². The predicted molar refractivity (Wildman–Crippen MR) is 97.5 cm³/mol. The van der Waals surface area contributed by atoms with Gasteiger partial charge in [-0.1, -0.05) is 53.7 Å². The summed E-state index contributed by atoms with van der Waals surface area (Å²) in [5.74, 6) is 7.34. The van der Waals surface area contributed by atoms with E-state index in [1.54, 1.807) is 0 Å². The van der Waals surface area contributed by atoms with E-state index in [-0.39, 0.29) is 11.2 Å². The summed E-state index contributed by atoms with van der Waals surface area (Å²) in [7, 11) is -3.03. The van der Waals surface area contributed by atoms with Gasteiger partial charge < -0.3 is 5.84 Å². The Bertz CT molecular complexity index is 803. The first-order valence-corrected chi connectivity index (χ1v) is 10.7. The molecule has 0 atom stereocenters. The van der Waals surface area contributed by atoms with Crippen molar-refractivity contribution in [3.63, 3.8) is 0 Å². The monoisotopic (exact) mass is 418 g/mol. The summed E-state index contributed by atoms with van der Waals surface area (Å²) in [6.45, 7) is 3.82. The molecule has 2 rings (SSSR count). The van der Waals surface area contributed by atoms with Gasteiger partial charge in [0.2, 0.25) is 5.16 Å². The van der Waals surface area contributed by atoms with Crippen molar-refractivity contribution in [3.05, 3.63) is 28.7 Å². The lowest BCUT2D eigenvalue weighted by atomic mass is 10.0. The molecule has 0 bridgehead atoms. The molecule has 0 saturated carbocycles. The van der Waals surface area contributed by atoms with Crippen molar-refractivity contribution < 1.29 is 8.42 Å². The Morgan fingerprint density at radius 2 is 1.96 bits per heavy atom. The smallest absolute Gasteiger partial charge is 0.210 e. The minimum absolute atomic E-state index is 0.114. The van der Waals surface area contributed by atoms with Crippen LogP contribution in [0.4, 0.5) is 0 Å². The predicted octanol–water partition coefficient (Wildman–Crippen LogP) is 2.58. The number of nitrogen functional groups attached to an aromatic ring is 1. The Hall–Kier alpha value is -1.06. The third-order valence-corrected chi connectivity index (χ3v) is 6.48. The summed E-state index contributed by atoms with van der Waals surface area (Å²) < 4.78 is 25.3. The summed E-state index contributed by atoms with van der Waals surface area (Å²) in [6, 6.07) is 7.62. The van der Waals surface area contributed by atoms with E-state index in [2.05, 4.69) is 26.1 Å². The Balaban J connectivity index is 2.16. The topological polar surface area (TPSA) is 90.9 Å². The highest BCUT2D eigenvalue weighted by Gasteiger charge is 2.25. The third-order valence-electron chi connectivity index (χ3n) is 3.02. The number of sulfone groups is 1. The molecule has 0 amide bonds. The molecule has 2 aromatic rings. The minimum Gasteiger partial charge on any atom is -0.335 e. The fraction of sp³-hybridized carbons (Fsp3) is 0.429. The Labute approximate surface area is 148 Å². The zero-order valence-electron chi connectivity index (χ0n) is 13.2. The fourth-order valence-corrected chi connectivity index (χ4v) is 5.27. The van der Waals surface area contributed by atoms with Crippen LogP contribution in [0.2, 0.25) is 0 Å². The van der Waals surface area contributed by atoms with Crippen molar-refractivity contribution >= 4 is 37.5 Å². The molecule has 0 spiro atoms. The van der Waals surface area contributed by atoms with E-state index in [4.69, 9.17) is 5.84 Å². The highest BCUT2D eigenvalue weighted by atomic mass is 79.9. The molecule has 0 unspecified atom stereocenters. The van der Waals surface area contributed by atoms with Gasteiger partial charge in [0.25, 0.3) is 0 Å². The van der Waals surface area contributed by atoms with Crippen molar-refractivity contribution in [1.29, 1.82) is 0 Å². The van der Waals surface area contributed by atoms with Crippen molar-refractivity contribution in [2.24, 2.45) is 5.41 Å². The van der Waals surface area contributed by atoms with E-state index in [0.717, 1.165) is 10.0 Å². The van der Waals surface area contributed by atoms with Gasteiger partial charge in [-0.15, -0.1) is 10.2 Å². The number of hydrogen-bond acceptors (Lipinski definition) is 6. The third kappa shape index (κ3) is 4.95.